The number of unbranched alkanes of at least 4 members (excludes halogenated alkanes) is 4. The van der Waals surface area contributed by atoms with E-state index in [9.17, 15) is 10.1 Å². The number of benzene rings is 3. The van der Waals surface area contributed by atoms with Crippen molar-refractivity contribution in [2.45, 2.75) is 104 Å². The number of anilines is 3. The highest BCUT2D eigenvalue weighted by atomic mass is 16.6. The molecule has 4 heteroatoms. The second kappa shape index (κ2) is 13.1. The number of nitrogens with zero attached hydrogens (tertiary/aromatic N) is 2. The first-order valence-corrected chi connectivity index (χ1v) is 14.3. The van der Waals surface area contributed by atoms with E-state index < -0.39 is 0 Å². The smallest absolute Gasteiger partial charge is 0.269 e. The maximum atomic E-state index is 11.3. The standard InChI is InChI=1S/C34H46N2O2/c1-7-9-11-25-33(3,4)27-13-17-29(18-14-27)35(31-21-23-32(24-22-31)36(37)38)30-19-15-28(16-20-30)34(5,6)26-12-10-8-2/h13-24H,7-12,25-26H2,1-6H3. The number of nitro groups is 1. The van der Waals surface area contributed by atoms with Crippen LogP contribution in [0.15, 0.2) is 72.8 Å². The molecule has 0 saturated heterocycles. The van der Waals surface area contributed by atoms with Gasteiger partial charge in [-0.25, -0.2) is 0 Å². The fourth-order valence-electron chi connectivity index (χ4n) is 5.22. The van der Waals surface area contributed by atoms with Gasteiger partial charge in [0.1, 0.15) is 0 Å². The number of hydrogen-bond donors (Lipinski definition) is 0. The lowest BCUT2D eigenvalue weighted by molar-refractivity contribution is -0.384. The number of rotatable bonds is 14. The Morgan fingerprint density at radius 1 is 0.605 bits per heavy atom. The normalized spacial score (nSPS) is 11.9. The zero-order chi connectivity index (χ0) is 27.8. The summed E-state index contributed by atoms with van der Waals surface area (Å²) in [4.78, 5) is 13.1. The van der Waals surface area contributed by atoms with Crippen LogP contribution in [0.3, 0.4) is 0 Å². The second-order valence-corrected chi connectivity index (χ2v) is 11.9. The molecule has 0 radical (unpaired) electrons. The van der Waals surface area contributed by atoms with Crippen molar-refractivity contribution in [2.24, 2.45) is 0 Å². The van der Waals surface area contributed by atoms with E-state index in [0.29, 0.717) is 0 Å². The summed E-state index contributed by atoms with van der Waals surface area (Å²) >= 11 is 0. The molecular weight excluding hydrogens is 468 g/mol. The van der Waals surface area contributed by atoms with E-state index in [1.165, 1.54) is 62.5 Å². The zero-order valence-electron chi connectivity index (χ0n) is 24.3. The summed E-state index contributed by atoms with van der Waals surface area (Å²) in [5.41, 5.74) is 6.01. The molecule has 0 fully saturated rings. The van der Waals surface area contributed by atoms with Crippen LogP contribution in [0.25, 0.3) is 0 Å². The highest BCUT2D eigenvalue weighted by molar-refractivity contribution is 5.77. The molecule has 38 heavy (non-hydrogen) atoms. The van der Waals surface area contributed by atoms with Gasteiger partial charge in [0.15, 0.2) is 0 Å². The molecule has 0 saturated carbocycles. The molecule has 0 heterocycles. The van der Waals surface area contributed by atoms with Gasteiger partial charge >= 0.3 is 0 Å². The summed E-state index contributed by atoms with van der Waals surface area (Å²) < 4.78 is 0. The first-order valence-electron chi connectivity index (χ1n) is 14.3. The highest BCUT2D eigenvalue weighted by Gasteiger charge is 2.23. The predicted molar refractivity (Wildman–Crippen MR) is 162 cm³/mol. The third-order valence-corrected chi connectivity index (χ3v) is 7.94. The van der Waals surface area contributed by atoms with Gasteiger partial charge in [-0.05, 0) is 71.2 Å². The van der Waals surface area contributed by atoms with Crippen LogP contribution in [0, 0.1) is 10.1 Å². The number of nitro benzene ring substituents is 1. The first kappa shape index (κ1) is 29.4. The van der Waals surface area contributed by atoms with Gasteiger partial charge in [-0.15, -0.1) is 0 Å². The Balaban J connectivity index is 1.95. The van der Waals surface area contributed by atoms with Crippen LogP contribution in [-0.2, 0) is 10.8 Å². The molecule has 0 unspecified atom stereocenters. The van der Waals surface area contributed by atoms with E-state index in [1.807, 2.05) is 12.1 Å². The SMILES string of the molecule is CCCCCC(C)(C)c1ccc(N(c2ccc([N+](=O)[O-])cc2)c2ccc(C(C)(C)CCCCC)cc2)cc1. The van der Waals surface area contributed by atoms with Crippen LogP contribution in [0.5, 0.6) is 0 Å². The summed E-state index contributed by atoms with van der Waals surface area (Å²) in [6, 6.07) is 24.5. The lowest BCUT2D eigenvalue weighted by Gasteiger charge is -2.30. The van der Waals surface area contributed by atoms with E-state index >= 15 is 0 Å². The van der Waals surface area contributed by atoms with Crippen LogP contribution in [0.4, 0.5) is 22.7 Å². The van der Waals surface area contributed by atoms with E-state index in [2.05, 4.69) is 95.0 Å². The Kier molecular flexibility index (Phi) is 10.1. The second-order valence-electron chi connectivity index (χ2n) is 11.9. The first-order chi connectivity index (χ1) is 18.1. The average molecular weight is 515 g/mol. The molecule has 0 amide bonds. The largest absolute Gasteiger partial charge is 0.310 e. The van der Waals surface area contributed by atoms with Crippen LogP contribution >= 0.6 is 0 Å². The van der Waals surface area contributed by atoms with Gasteiger partial charge < -0.3 is 4.90 Å². The minimum atomic E-state index is -0.348. The van der Waals surface area contributed by atoms with Gasteiger partial charge in [0.2, 0.25) is 0 Å². The van der Waals surface area contributed by atoms with Crippen LogP contribution < -0.4 is 4.90 Å². The summed E-state index contributed by atoms with van der Waals surface area (Å²) in [6.45, 7) is 13.8. The van der Waals surface area contributed by atoms with Gasteiger partial charge in [0.05, 0.1) is 4.92 Å². The fourth-order valence-corrected chi connectivity index (χ4v) is 5.22. The van der Waals surface area contributed by atoms with Crippen LogP contribution in [0.1, 0.15) is 104 Å². The van der Waals surface area contributed by atoms with Gasteiger partial charge in [-0.3, -0.25) is 10.1 Å². The number of non-ortho nitro benzene ring substituents is 1. The summed E-state index contributed by atoms with van der Waals surface area (Å²) in [5, 5.41) is 11.3. The Bertz CT molecular complexity index is 1080. The van der Waals surface area contributed by atoms with Gasteiger partial charge in [0, 0.05) is 29.2 Å². The summed E-state index contributed by atoms with van der Waals surface area (Å²) in [6.07, 6.45) is 9.80. The van der Waals surface area contributed by atoms with Crippen molar-refractivity contribution in [3.8, 4) is 0 Å². The van der Waals surface area contributed by atoms with E-state index in [0.717, 1.165) is 17.1 Å². The van der Waals surface area contributed by atoms with Crippen LogP contribution in [-0.4, -0.2) is 4.92 Å². The monoisotopic (exact) mass is 514 g/mol. The molecule has 3 aromatic rings. The predicted octanol–water partition coefficient (Wildman–Crippen LogP) is 10.8. The minimum Gasteiger partial charge on any atom is -0.310 e. The third-order valence-electron chi connectivity index (χ3n) is 7.94. The van der Waals surface area contributed by atoms with Crippen molar-refractivity contribution in [3.63, 3.8) is 0 Å². The molecule has 0 N–H and O–H groups in total. The Hall–Kier alpha value is -3.14. The molecule has 0 spiro atoms. The van der Waals surface area contributed by atoms with Gasteiger partial charge in [0.25, 0.3) is 5.69 Å². The lowest BCUT2D eigenvalue weighted by atomic mass is 9.80. The van der Waals surface area contributed by atoms with Crippen molar-refractivity contribution < 1.29 is 4.92 Å². The lowest BCUT2D eigenvalue weighted by Crippen LogP contribution is -2.18. The quantitative estimate of drug-likeness (QED) is 0.122. The topological polar surface area (TPSA) is 46.4 Å². The zero-order valence-corrected chi connectivity index (χ0v) is 24.3. The molecule has 0 aliphatic carbocycles. The molecule has 0 bridgehead atoms. The van der Waals surface area contributed by atoms with Crippen molar-refractivity contribution in [1.82, 2.24) is 0 Å². The maximum Gasteiger partial charge on any atom is 0.269 e. The van der Waals surface area contributed by atoms with E-state index in [1.54, 1.807) is 12.1 Å². The average Bonchev–Trinajstić information content (AvgIpc) is 2.90. The minimum absolute atomic E-state index is 0.0991. The van der Waals surface area contributed by atoms with Gasteiger partial charge in [-0.2, -0.15) is 0 Å². The highest BCUT2D eigenvalue weighted by Crippen LogP contribution is 2.39. The Morgan fingerprint density at radius 2 is 0.947 bits per heavy atom. The summed E-state index contributed by atoms with van der Waals surface area (Å²) in [7, 11) is 0. The molecule has 4 nitrogen and oxygen atoms in total. The van der Waals surface area contributed by atoms with Crippen molar-refractivity contribution in [1.29, 1.82) is 0 Å². The molecule has 0 aliphatic heterocycles. The molecular formula is C34H46N2O2. The molecule has 3 rings (SSSR count). The van der Waals surface area contributed by atoms with Crippen molar-refractivity contribution >= 4 is 22.7 Å². The van der Waals surface area contributed by atoms with Crippen molar-refractivity contribution in [2.75, 3.05) is 4.90 Å². The Labute approximate surface area is 230 Å². The van der Waals surface area contributed by atoms with Gasteiger partial charge in [-0.1, -0.05) is 104 Å². The third kappa shape index (κ3) is 7.46. The number of hydrogen-bond acceptors (Lipinski definition) is 3. The van der Waals surface area contributed by atoms with E-state index in [-0.39, 0.29) is 21.4 Å². The van der Waals surface area contributed by atoms with Crippen molar-refractivity contribution in [3.05, 3.63) is 94.0 Å². The Morgan fingerprint density at radius 3 is 1.26 bits per heavy atom. The molecule has 0 atom stereocenters. The molecule has 3 aromatic carbocycles. The van der Waals surface area contributed by atoms with E-state index in [4.69, 9.17) is 0 Å². The fraction of sp³-hybridized carbons (Fsp3) is 0.471. The van der Waals surface area contributed by atoms with Crippen LogP contribution in [0.2, 0.25) is 0 Å². The molecule has 0 aliphatic rings. The molecule has 0 aromatic heterocycles. The molecule has 204 valence electrons. The maximum absolute atomic E-state index is 11.3. The summed E-state index contributed by atoms with van der Waals surface area (Å²) in [5.74, 6) is 0.